The summed E-state index contributed by atoms with van der Waals surface area (Å²) in [6.45, 7) is 0.852. The Hall–Kier alpha value is -5.27. The lowest BCUT2D eigenvalue weighted by molar-refractivity contribution is -0.141. The molecular weight excluding hydrogens is 598 g/mol. The quantitative estimate of drug-likeness (QED) is 0.0657. The van der Waals surface area contributed by atoms with E-state index in [-0.39, 0.29) is 50.8 Å². The number of carbonyl (C=O) groups is 3. The zero-order chi connectivity index (χ0) is 33.2. The molecule has 2 heterocycles. The number of likely N-dealkylation sites (tertiary alicyclic amines) is 1. The second kappa shape index (κ2) is 15.8. The van der Waals surface area contributed by atoms with Crippen molar-refractivity contribution in [2.75, 3.05) is 19.6 Å². The number of H-pyrrole nitrogens is 1. The van der Waals surface area contributed by atoms with Crippen LogP contribution in [0.3, 0.4) is 0 Å². The first-order valence-corrected chi connectivity index (χ1v) is 15.6. The summed E-state index contributed by atoms with van der Waals surface area (Å²) in [7, 11) is 0. The molecule has 1 aromatic heterocycles. The van der Waals surface area contributed by atoms with E-state index in [1.165, 1.54) is 11.2 Å². The van der Waals surface area contributed by atoms with Gasteiger partial charge in [-0.2, -0.15) is 0 Å². The second-order valence-electron chi connectivity index (χ2n) is 11.6. The minimum Gasteiger partial charge on any atom is -0.372 e. The number of imidazole rings is 1. The lowest BCUT2D eigenvalue weighted by Gasteiger charge is -2.29. The van der Waals surface area contributed by atoms with E-state index in [1.54, 1.807) is 6.20 Å². The lowest BCUT2D eigenvalue weighted by atomic mass is 10.0. The molecule has 3 aromatic carbocycles. The number of guanidine groups is 1. The van der Waals surface area contributed by atoms with Crippen molar-refractivity contribution in [3.8, 4) is 0 Å². The summed E-state index contributed by atoms with van der Waals surface area (Å²) in [5, 5.41) is 7.91. The van der Waals surface area contributed by atoms with Crippen LogP contribution < -0.4 is 27.8 Å². The van der Waals surface area contributed by atoms with Crippen molar-refractivity contribution in [3.05, 3.63) is 102 Å². The Bertz CT molecular complexity index is 1680. The zero-order valence-electron chi connectivity index (χ0n) is 26.0. The molecule has 0 radical (unpaired) electrons. The van der Waals surface area contributed by atoms with Crippen molar-refractivity contribution in [1.82, 2.24) is 25.5 Å². The Balaban J connectivity index is 1.33. The van der Waals surface area contributed by atoms with Gasteiger partial charge in [-0.1, -0.05) is 66.7 Å². The maximum Gasteiger partial charge on any atom is 0.246 e. The van der Waals surface area contributed by atoms with Gasteiger partial charge in [-0.05, 0) is 28.0 Å². The summed E-state index contributed by atoms with van der Waals surface area (Å²) in [5.74, 6) is -1.33. The molecule has 13 nitrogen and oxygen atoms in total. The topological polar surface area (TPSA) is 207 Å². The third-order valence-electron chi connectivity index (χ3n) is 8.08. The third-order valence-corrected chi connectivity index (χ3v) is 8.08. The van der Waals surface area contributed by atoms with Gasteiger partial charge < -0.3 is 42.5 Å². The predicted molar refractivity (Wildman–Crippen MR) is 179 cm³/mol. The first kappa shape index (κ1) is 33.1. The van der Waals surface area contributed by atoms with Crippen molar-refractivity contribution in [3.63, 3.8) is 0 Å². The number of hydrogen-bond acceptors (Lipinski definition) is 7. The first-order chi connectivity index (χ1) is 22.8. The van der Waals surface area contributed by atoms with Gasteiger partial charge in [0.05, 0.1) is 31.6 Å². The van der Waals surface area contributed by atoms with E-state index in [2.05, 4.69) is 31.7 Å². The lowest BCUT2D eigenvalue weighted by Crippen LogP contribution is -2.56. The van der Waals surface area contributed by atoms with Crippen molar-refractivity contribution in [2.24, 2.45) is 22.2 Å². The van der Waals surface area contributed by atoms with Gasteiger partial charge in [0.25, 0.3) is 0 Å². The molecule has 0 bridgehead atoms. The van der Waals surface area contributed by atoms with E-state index < -0.39 is 36.0 Å². The van der Waals surface area contributed by atoms with Gasteiger partial charge >= 0.3 is 0 Å². The van der Waals surface area contributed by atoms with Crippen LogP contribution in [0.4, 0.5) is 0 Å². The van der Waals surface area contributed by atoms with Crippen LogP contribution in [0.2, 0.25) is 0 Å². The highest BCUT2D eigenvalue weighted by molar-refractivity contribution is 5.94. The van der Waals surface area contributed by atoms with Gasteiger partial charge in [-0.25, -0.2) is 4.98 Å². The fourth-order valence-electron chi connectivity index (χ4n) is 5.69. The SMILES string of the molecule is NC(N)=NCCNC(=O)[C@H]1C[C@@H](OCc2ccc3ccccc3c2)CN1C(=O)[C@@H](Cc1ccccc1)NC(=O)[C@H](N)Cc1cnc[nH]1. The number of nitrogens with two attached hydrogens (primary N) is 3. The molecule has 0 saturated carbocycles. The summed E-state index contributed by atoms with van der Waals surface area (Å²) in [6, 6.07) is 20.8. The summed E-state index contributed by atoms with van der Waals surface area (Å²) in [6.07, 6.45) is 3.38. The molecule has 0 spiro atoms. The average Bonchev–Trinajstić information content (AvgIpc) is 3.75. The summed E-state index contributed by atoms with van der Waals surface area (Å²) >= 11 is 0. The maximum absolute atomic E-state index is 14.3. The van der Waals surface area contributed by atoms with Crippen LogP contribution in [-0.4, -0.2) is 82.4 Å². The fourth-order valence-corrected chi connectivity index (χ4v) is 5.69. The van der Waals surface area contributed by atoms with Gasteiger partial charge in [0.15, 0.2) is 5.96 Å². The normalized spacial score (nSPS) is 17.2. The van der Waals surface area contributed by atoms with Gasteiger partial charge in [-0.3, -0.25) is 19.4 Å². The van der Waals surface area contributed by atoms with Crippen LogP contribution >= 0.6 is 0 Å². The van der Waals surface area contributed by atoms with Crippen LogP contribution in [0.25, 0.3) is 10.8 Å². The highest BCUT2D eigenvalue weighted by Crippen LogP contribution is 2.25. The second-order valence-corrected chi connectivity index (χ2v) is 11.6. The van der Waals surface area contributed by atoms with E-state index in [9.17, 15) is 14.4 Å². The molecule has 5 rings (SSSR count). The van der Waals surface area contributed by atoms with E-state index >= 15 is 0 Å². The molecule has 1 saturated heterocycles. The van der Waals surface area contributed by atoms with Crippen molar-refractivity contribution in [2.45, 2.75) is 50.1 Å². The van der Waals surface area contributed by atoms with Gasteiger partial charge in [-0.15, -0.1) is 0 Å². The molecule has 0 aliphatic carbocycles. The number of ether oxygens (including phenoxy) is 1. The number of carbonyl (C=O) groups excluding carboxylic acids is 3. The molecule has 1 fully saturated rings. The van der Waals surface area contributed by atoms with E-state index in [1.807, 2.05) is 66.7 Å². The number of aliphatic imine (C=N–C) groups is 1. The number of hydrogen-bond donors (Lipinski definition) is 6. The summed E-state index contributed by atoms with van der Waals surface area (Å²) in [4.78, 5) is 53.4. The molecule has 0 unspecified atom stereocenters. The number of amides is 3. The number of rotatable bonds is 14. The number of benzene rings is 3. The molecule has 13 heteroatoms. The number of aromatic nitrogens is 2. The number of fused-ring (bicyclic) bond motifs is 1. The highest BCUT2D eigenvalue weighted by atomic mass is 16.5. The molecule has 4 aromatic rings. The van der Waals surface area contributed by atoms with E-state index in [4.69, 9.17) is 21.9 Å². The van der Waals surface area contributed by atoms with E-state index in [0.717, 1.165) is 21.9 Å². The van der Waals surface area contributed by atoms with Crippen molar-refractivity contribution >= 4 is 34.5 Å². The number of aromatic amines is 1. The predicted octanol–water partition coefficient (Wildman–Crippen LogP) is 0.736. The monoisotopic (exact) mass is 639 g/mol. The van der Waals surface area contributed by atoms with Gasteiger partial charge in [0.1, 0.15) is 12.1 Å². The number of nitrogens with one attached hydrogen (secondary N) is 3. The van der Waals surface area contributed by atoms with Gasteiger partial charge in [0, 0.05) is 44.2 Å². The minimum absolute atomic E-state index is 0.0793. The standard InChI is InChI=1S/C34H41N9O4/c35-28(16-26-18-38-21-41-26)31(44)42-29(15-22-6-2-1-3-7-22)33(46)43-19-27(17-30(43)32(45)39-12-13-40-34(36)37)47-20-23-10-11-24-8-4-5-9-25(24)14-23/h1-11,14,18,21,27-30H,12-13,15-17,19-20,35H2,(H,38,41)(H,39,45)(H,42,44)(H4,36,37,40)/t27-,28-,29-,30-/m1/s1. The molecule has 47 heavy (non-hydrogen) atoms. The Kier molecular flexibility index (Phi) is 11.1. The fraction of sp³-hybridized carbons (Fsp3) is 0.324. The average molecular weight is 640 g/mol. The van der Waals surface area contributed by atoms with Gasteiger partial charge in [0.2, 0.25) is 17.7 Å². The molecule has 9 N–H and O–H groups in total. The molecular formula is C34H41N9O4. The molecule has 4 atom stereocenters. The highest BCUT2D eigenvalue weighted by Gasteiger charge is 2.42. The molecule has 1 aliphatic heterocycles. The zero-order valence-corrected chi connectivity index (χ0v) is 26.0. The maximum atomic E-state index is 14.3. The minimum atomic E-state index is -0.978. The van der Waals surface area contributed by atoms with Crippen LogP contribution in [0, 0.1) is 0 Å². The first-order valence-electron chi connectivity index (χ1n) is 15.6. The summed E-state index contributed by atoms with van der Waals surface area (Å²) in [5.41, 5.74) is 19.6. The number of nitrogens with zero attached hydrogens (tertiary/aromatic N) is 3. The Labute approximate surface area is 272 Å². The molecule has 1 aliphatic rings. The van der Waals surface area contributed by atoms with Crippen molar-refractivity contribution < 1.29 is 19.1 Å². The van der Waals surface area contributed by atoms with Crippen LogP contribution in [0.5, 0.6) is 0 Å². The van der Waals surface area contributed by atoms with Crippen LogP contribution in [0.15, 0.2) is 90.3 Å². The Morgan fingerprint density at radius 1 is 1.00 bits per heavy atom. The van der Waals surface area contributed by atoms with E-state index in [0.29, 0.717) is 12.3 Å². The molecule has 246 valence electrons. The Morgan fingerprint density at radius 3 is 2.51 bits per heavy atom. The van der Waals surface area contributed by atoms with Crippen LogP contribution in [0.1, 0.15) is 23.2 Å². The largest absolute Gasteiger partial charge is 0.372 e. The summed E-state index contributed by atoms with van der Waals surface area (Å²) < 4.78 is 6.29. The van der Waals surface area contributed by atoms with Crippen molar-refractivity contribution in [1.29, 1.82) is 0 Å². The smallest absolute Gasteiger partial charge is 0.246 e. The molecule has 3 amide bonds. The third kappa shape index (κ3) is 9.15. The van der Waals surface area contributed by atoms with Crippen LogP contribution in [-0.2, 0) is 38.6 Å². The Morgan fingerprint density at radius 2 is 1.77 bits per heavy atom.